The molecular formula is C16H18N2O2. The predicted molar refractivity (Wildman–Crippen MR) is 80.9 cm³/mol. The maximum Gasteiger partial charge on any atom is 0.163 e. The molecule has 1 aliphatic heterocycles. The van der Waals surface area contributed by atoms with Crippen molar-refractivity contribution in [2.75, 3.05) is 24.3 Å². The lowest BCUT2D eigenvalue weighted by atomic mass is 10.2. The molecule has 4 nitrogen and oxygen atoms in total. The van der Waals surface area contributed by atoms with Crippen LogP contribution < -0.4 is 20.5 Å². The fourth-order valence-corrected chi connectivity index (χ4v) is 2.16. The molecule has 0 radical (unpaired) electrons. The number of anilines is 3. The average molecular weight is 270 g/mol. The molecule has 104 valence electrons. The number of hydrogen-bond acceptors (Lipinski definition) is 4. The van der Waals surface area contributed by atoms with E-state index in [-0.39, 0.29) is 0 Å². The van der Waals surface area contributed by atoms with Gasteiger partial charge in [0.15, 0.2) is 11.5 Å². The summed E-state index contributed by atoms with van der Waals surface area (Å²) in [5.74, 6) is 1.60. The fourth-order valence-electron chi connectivity index (χ4n) is 2.16. The van der Waals surface area contributed by atoms with Gasteiger partial charge in [0.05, 0.1) is 13.2 Å². The highest BCUT2D eigenvalue weighted by Gasteiger charge is 2.10. The summed E-state index contributed by atoms with van der Waals surface area (Å²) in [6.45, 7) is 3.39. The third kappa shape index (κ3) is 2.64. The minimum absolute atomic E-state index is 0.692. The van der Waals surface area contributed by atoms with Crippen molar-refractivity contribution in [3.63, 3.8) is 0 Å². The number of nitrogens with two attached hydrogens (primary N) is 1. The van der Waals surface area contributed by atoms with Crippen LogP contribution in [-0.4, -0.2) is 13.2 Å². The van der Waals surface area contributed by atoms with Crippen LogP contribution in [0.1, 0.15) is 12.0 Å². The van der Waals surface area contributed by atoms with Crippen molar-refractivity contribution in [2.45, 2.75) is 13.3 Å². The van der Waals surface area contributed by atoms with Crippen LogP contribution in [0.3, 0.4) is 0 Å². The van der Waals surface area contributed by atoms with Gasteiger partial charge in [-0.1, -0.05) is 0 Å². The molecule has 0 aliphatic carbocycles. The first-order valence-corrected chi connectivity index (χ1v) is 6.75. The van der Waals surface area contributed by atoms with Crippen LogP contribution in [0, 0.1) is 6.92 Å². The maximum absolute atomic E-state index is 5.83. The second kappa shape index (κ2) is 5.33. The molecule has 0 fully saturated rings. The van der Waals surface area contributed by atoms with Crippen molar-refractivity contribution in [3.05, 3.63) is 42.0 Å². The summed E-state index contributed by atoms with van der Waals surface area (Å²) in [7, 11) is 0. The monoisotopic (exact) mass is 270 g/mol. The van der Waals surface area contributed by atoms with Gasteiger partial charge in [-0.15, -0.1) is 0 Å². The van der Waals surface area contributed by atoms with Gasteiger partial charge in [-0.25, -0.2) is 0 Å². The highest BCUT2D eigenvalue weighted by atomic mass is 16.5. The van der Waals surface area contributed by atoms with E-state index in [1.54, 1.807) is 0 Å². The maximum atomic E-state index is 5.83. The molecule has 2 aromatic rings. The Hall–Kier alpha value is -2.36. The summed E-state index contributed by atoms with van der Waals surface area (Å²) < 4.78 is 11.3. The zero-order valence-electron chi connectivity index (χ0n) is 11.5. The van der Waals surface area contributed by atoms with Crippen LogP contribution in [0.15, 0.2) is 36.4 Å². The molecule has 1 aliphatic rings. The molecule has 0 atom stereocenters. The molecule has 4 heteroatoms. The van der Waals surface area contributed by atoms with Gasteiger partial charge >= 0.3 is 0 Å². The Bertz CT molecular complexity index is 626. The van der Waals surface area contributed by atoms with Crippen LogP contribution in [0.4, 0.5) is 17.1 Å². The number of nitrogen functional groups attached to an aromatic ring is 1. The van der Waals surface area contributed by atoms with E-state index in [2.05, 4.69) is 5.32 Å². The SMILES string of the molecule is Cc1cc(Nc2ccc3c(c2)OCCCO3)ccc1N. The number of rotatable bonds is 2. The van der Waals surface area contributed by atoms with Crippen molar-refractivity contribution in [3.8, 4) is 11.5 Å². The molecule has 20 heavy (non-hydrogen) atoms. The fraction of sp³-hybridized carbons (Fsp3) is 0.250. The molecule has 0 spiro atoms. The van der Waals surface area contributed by atoms with Gasteiger partial charge in [-0.05, 0) is 42.8 Å². The van der Waals surface area contributed by atoms with Crippen molar-refractivity contribution < 1.29 is 9.47 Å². The van der Waals surface area contributed by atoms with Crippen LogP contribution in [0.2, 0.25) is 0 Å². The Balaban J connectivity index is 1.83. The van der Waals surface area contributed by atoms with E-state index in [1.807, 2.05) is 43.3 Å². The van der Waals surface area contributed by atoms with Gasteiger partial charge in [-0.3, -0.25) is 0 Å². The number of nitrogens with one attached hydrogen (secondary N) is 1. The minimum Gasteiger partial charge on any atom is -0.490 e. The smallest absolute Gasteiger partial charge is 0.163 e. The van der Waals surface area contributed by atoms with Crippen LogP contribution >= 0.6 is 0 Å². The largest absolute Gasteiger partial charge is 0.490 e. The van der Waals surface area contributed by atoms with E-state index in [9.17, 15) is 0 Å². The highest BCUT2D eigenvalue weighted by Crippen LogP contribution is 2.33. The number of benzene rings is 2. The first-order valence-electron chi connectivity index (χ1n) is 6.75. The molecule has 0 bridgehead atoms. The summed E-state index contributed by atoms with van der Waals surface area (Å²) in [6.07, 6.45) is 0.911. The van der Waals surface area contributed by atoms with Crippen LogP contribution in [0.5, 0.6) is 11.5 Å². The topological polar surface area (TPSA) is 56.5 Å². The Morgan fingerprint density at radius 1 is 0.950 bits per heavy atom. The number of ether oxygens (including phenoxy) is 2. The summed E-state index contributed by atoms with van der Waals surface area (Å²) >= 11 is 0. The third-order valence-corrected chi connectivity index (χ3v) is 3.31. The summed E-state index contributed by atoms with van der Waals surface area (Å²) in [5.41, 5.74) is 9.66. The molecule has 0 amide bonds. The van der Waals surface area contributed by atoms with Crippen molar-refractivity contribution in [1.29, 1.82) is 0 Å². The second-order valence-corrected chi connectivity index (χ2v) is 4.91. The van der Waals surface area contributed by atoms with E-state index >= 15 is 0 Å². The first-order chi connectivity index (χ1) is 9.72. The summed E-state index contributed by atoms with van der Waals surface area (Å²) in [6, 6.07) is 11.8. The summed E-state index contributed by atoms with van der Waals surface area (Å²) in [4.78, 5) is 0. The third-order valence-electron chi connectivity index (χ3n) is 3.31. The Labute approximate surface area is 118 Å². The van der Waals surface area contributed by atoms with Gasteiger partial charge in [-0.2, -0.15) is 0 Å². The van der Waals surface area contributed by atoms with Gasteiger partial charge in [0.2, 0.25) is 0 Å². The standard InChI is InChI=1S/C16H18N2O2/c1-11-9-12(3-5-14(11)17)18-13-4-6-15-16(10-13)20-8-2-7-19-15/h3-6,9-10,18H,2,7-8,17H2,1H3. The lowest BCUT2D eigenvalue weighted by Gasteiger charge is -2.12. The average Bonchev–Trinajstić information content (AvgIpc) is 2.68. The van der Waals surface area contributed by atoms with Crippen LogP contribution in [-0.2, 0) is 0 Å². The van der Waals surface area contributed by atoms with Crippen molar-refractivity contribution >= 4 is 17.1 Å². The van der Waals surface area contributed by atoms with E-state index in [0.29, 0.717) is 13.2 Å². The predicted octanol–water partition coefficient (Wildman–Crippen LogP) is 3.48. The zero-order valence-corrected chi connectivity index (χ0v) is 11.5. The Kier molecular flexibility index (Phi) is 3.37. The zero-order chi connectivity index (χ0) is 13.9. The molecule has 0 aromatic heterocycles. The van der Waals surface area contributed by atoms with Crippen LogP contribution in [0.25, 0.3) is 0 Å². The minimum atomic E-state index is 0.692. The number of aryl methyl sites for hydroxylation is 1. The van der Waals surface area contributed by atoms with Crippen molar-refractivity contribution in [1.82, 2.24) is 0 Å². The molecule has 2 aromatic carbocycles. The molecule has 0 unspecified atom stereocenters. The lowest BCUT2D eigenvalue weighted by Crippen LogP contribution is -1.97. The summed E-state index contributed by atoms with van der Waals surface area (Å²) in [5, 5.41) is 3.35. The van der Waals surface area contributed by atoms with Gasteiger partial charge in [0.1, 0.15) is 0 Å². The molecule has 3 N–H and O–H groups in total. The first kappa shape index (κ1) is 12.7. The van der Waals surface area contributed by atoms with Gasteiger partial charge < -0.3 is 20.5 Å². The second-order valence-electron chi connectivity index (χ2n) is 4.91. The Morgan fingerprint density at radius 2 is 1.65 bits per heavy atom. The molecule has 0 saturated carbocycles. The normalized spacial score (nSPS) is 13.7. The number of hydrogen-bond donors (Lipinski definition) is 2. The Morgan fingerprint density at radius 3 is 2.45 bits per heavy atom. The molecule has 0 saturated heterocycles. The van der Waals surface area contributed by atoms with Gasteiger partial charge in [0.25, 0.3) is 0 Å². The van der Waals surface area contributed by atoms with E-state index in [1.165, 1.54) is 0 Å². The molecular weight excluding hydrogens is 252 g/mol. The van der Waals surface area contributed by atoms with E-state index < -0.39 is 0 Å². The lowest BCUT2D eigenvalue weighted by molar-refractivity contribution is 0.297. The molecule has 3 rings (SSSR count). The molecule has 1 heterocycles. The quantitative estimate of drug-likeness (QED) is 0.820. The number of fused-ring (bicyclic) bond motifs is 1. The van der Waals surface area contributed by atoms with Crippen molar-refractivity contribution in [2.24, 2.45) is 0 Å². The van der Waals surface area contributed by atoms with Gasteiger partial charge in [0, 0.05) is 29.5 Å². The highest BCUT2D eigenvalue weighted by molar-refractivity contribution is 5.66. The van der Waals surface area contributed by atoms with E-state index in [4.69, 9.17) is 15.2 Å². The van der Waals surface area contributed by atoms with E-state index in [0.717, 1.165) is 40.5 Å².